The highest BCUT2D eigenvalue weighted by molar-refractivity contribution is 5.81. The standard InChI is InChI=1S/C38H33N/c1-3-10-30(11-4-1)18-20-32-22-26-35(27-23-32)39(38-17-9-15-34-14-7-8-16-37(34)38)36-28-24-33(25-29-36)21-19-31-12-5-2-6-13-31/h1-6,9-13,15,17-29H,7-8,14,16H2/b20-18+,21-19+. The van der Waals surface area contributed by atoms with Gasteiger partial charge in [0.05, 0.1) is 0 Å². The molecule has 0 aromatic heterocycles. The largest absolute Gasteiger partial charge is 0.310 e. The van der Waals surface area contributed by atoms with Gasteiger partial charge in [-0.2, -0.15) is 0 Å². The lowest BCUT2D eigenvalue weighted by molar-refractivity contribution is 0.686. The van der Waals surface area contributed by atoms with E-state index in [4.69, 9.17) is 0 Å². The van der Waals surface area contributed by atoms with E-state index in [0.717, 1.165) is 6.42 Å². The van der Waals surface area contributed by atoms with Crippen molar-refractivity contribution in [2.75, 3.05) is 4.90 Å². The van der Waals surface area contributed by atoms with Gasteiger partial charge in [-0.05, 0) is 89.4 Å². The maximum absolute atomic E-state index is 2.43. The molecule has 0 atom stereocenters. The van der Waals surface area contributed by atoms with Crippen molar-refractivity contribution >= 4 is 41.4 Å². The van der Waals surface area contributed by atoms with Crippen LogP contribution in [0.1, 0.15) is 46.2 Å². The molecular formula is C38H33N. The molecule has 0 unspecified atom stereocenters. The van der Waals surface area contributed by atoms with Gasteiger partial charge in [0, 0.05) is 17.1 Å². The van der Waals surface area contributed by atoms with Crippen LogP contribution in [0.25, 0.3) is 24.3 Å². The maximum Gasteiger partial charge on any atom is 0.0496 e. The predicted molar refractivity (Wildman–Crippen MR) is 169 cm³/mol. The van der Waals surface area contributed by atoms with Crippen molar-refractivity contribution in [3.63, 3.8) is 0 Å². The Balaban J connectivity index is 1.33. The molecule has 0 heterocycles. The molecule has 5 aromatic carbocycles. The van der Waals surface area contributed by atoms with E-state index in [0.29, 0.717) is 0 Å². The Morgan fingerprint density at radius 1 is 0.410 bits per heavy atom. The first-order chi connectivity index (χ1) is 19.3. The maximum atomic E-state index is 2.43. The fourth-order valence-corrected chi connectivity index (χ4v) is 5.38. The zero-order chi connectivity index (χ0) is 26.3. The topological polar surface area (TPSA) is 3.24 Å². The van der Waals surface area contributed by atoms with Crippen molar-refractivity contribution in [2.45, 2.75) is 25.7 Å². The molecule has 0 spiro atoms. The summed E-state index contributed by atoms with van der Waals surface area (Å²) in [7, 11) is 0. The van der Waals surface area contributed by atoms with Crippen molar-refractivity contribution in [3.05, 3.63) is 161 Å². The molecule has 0 N–H and O–H groups in total. The average Bonchev–Trinajstić information content (AvgIpc) is 3.01. The van der Waals surface area contributed by atoms with E-state index in [1.807, 2.05) is 0 Å². The molecule has 0 fully saturated rings. The Morgan fingerprint density at radius 2 is 0.872 bits per heavy atom. The summed E-state index contributed by atoms with van der Waals surface area (Å²) in [4.78, 5) is 2.43. The number of aryl methyl sites for hydroxylation is 1. The normalized spacial score (nSPS) is 13.0. The first-order valence-electron chi connectivity index (χ1n) is 13.9. The van der Waals surface area contributed by atoms with Crippen LogP contribution in [-0.2, 0) is 12.8 Å². The molecular weight excluding hydrogens is 470 g/mol. The third-order valence-electron chi connectivity index (χ3n) is 7.45. The summed E-state index contributed by atoms with van der Waals surface area (Å²) in [6, 6.07) is 45.6. The number of anilines is 3. The zero-order valence-electron chi connectivity index (χ0n) is 22.2. The summed E-state index contributed by atoms with van der Waals surface area (Å²) in [6.07, 6.45) is 13.5. The molecule has 5 aromatic rings. The molecule has 1 heteroatoms. The molecule has 0 aliphatic heterocycles. The molecule has 6 rings (SSSR count). The van der Waals surface area contributed by atoms with Gasteiger partial charge in [0.25, 0.3) is 0 Å². The third-order valence-corrected chi connectivity index (χ3v) is 7.45. The summed E-state index contributed by atoms with van der Waals surface area (Å²) in [5.41, 5.74) is 11.4. The summed E-state index contributed by atoms with van der Waals surface area (Å²) >= 11 is 0. The Hall–Kier alpha value is -4.62. The second-order valence-corrected chi connectivity index (χ2v) is 10.1. The molecule has 1 aliphatic carbocycles. The SMILES string of the molecule is C(=C\c1ccc(N(c2ccc(/C=C/c3ccccc3)cc2)c2cccc3c2CCCC3)cc1)/c1ccccc1. The highest BCUT2D eigenvalue weighted by Crippen LogP contribution is 2.40. The van der Waals surface area contributed by atoms with Gasteiger partial charge in [-0.3, -0.25) is 0 Å². The minimum atomic E-state index is 1.14. The molecule has 1 aliphatic rings. The van der Waals surface area contributed by atoms with Crippen molar-refractivity contribution in [1.29, 1.82) is 0 Å². The molecule has 0 saturated heterocycles. The van der Waals surface area contributed by atoms with Crippen LogP contribution in [0.5, 0.6) is 0 Å². The van der Waals surface area contributed by atoms with Gasteiger partial charge in [-0.15, -0.1) is 0 Å². The van der Waals surface area contributed by atoms with Crippen molar-refractivity contribution in [3.8, 4) is 0 Å². The number of fused-ring (bicyclic) bond motifs is 1. The average molecular weight is 504 g/mol. The highest BCUT2D eigenvalue weighted by Gasteiger charge is 2.20. The molecule has 1 nitrogen and oxygen atoms in total. The van der Waals surface area contributed by atoms with E-state index in [9.17, 15) is 0 Å². The van der Waals surface area contributed by atoms with Crippen LogP contribution in [0, 0.1) is 0 Å². The van der Waals surface area contributed by atoms with Gasteiger partial charge < -0.3 is 4.90 Å². The van der Waals surface area contributed by atoms with Gasteiger partial charge >= 0.3 is 0 Å². The highest BCUT2D eigenvalue weighted by atomic mass is 15.1. The number of nitrogens with zero attached hydrogens (tertiary/aromatic N) is 1. The van der Waals surface area contributed by atoms with Gasteiger partial charge in [0.15, 0.2) is 0 Å². The lowest BCUT2D eigenvalue weighted by Gasteiger charge is -2.30. The predicted octanol–water partition coefficient (Wildman–Crippen LogP) is 10.4. The second kappa shape index (κ2) is 11.8. The first-order valence-corrected chi connectivity index (χ1v) is 13.9. The van der Waals surface area contributed by atoms with Crippen molar-refractivity contribution in [2.24, 2.45) is 0 Å². The molecule has 190 valence electrons. The third kappa shape index (κ3) is 5.94. The van der Waals surface area contributed by atoms with Gasteiger partial charge in [-0.1, -0.05) is 121 Å². The molecule has 0 bridgehead atoms. The minimum absolute atomic E-state index is 1.14. The van der Waals surface area contributed by atoms with Crippen LogP contribution in [0.15, 0.2) is 127 Å². The van der Waals surface area contributed by atoms with Crippen LogP contribution in [0.3, 0.4) is 0 Å². The fourth-order valence-electron chi connectivity index (χ4n) is 5.38. The van der Waals surface area contributed by atoms with E-state index < -0.39 is 0 Å². The second-order valence-electron chi connectivity index (χ2n) is 10.1. The van der Waals surface area contributed by atoms with Gasteiger partial charge in [0.2, 0.25) is 0 Å². The summed E-state index contributed by atoms with van der Waals surface area (Å²) in [6.45, 7) is 0. The summed E-state index contributed by atoms with van der Waals surface area (Å²) in [5.74, 6) is 0. The van der Waals surface area contributed by atoms with Gasteiger partial charge in [-0.25, -0.2) is 0 Å². The van der Waals surface area contributed by atoms with E-state index in [2.05, 4.69) is 157 Å². The van der Waals surface area contributed by atoms with E-state index in [1.54, 1.807) is 0 Å². The first kappa shape index (κ1) is 24.7. The van der Waals surface area contributed by atoms with E-state index >= 15 is 0 Å². The quantitative estimate of drug-likeness (QED) is 0.200. The Bertz CT molecular complexity index is 1470. The van der Waals surface area contributed by atoms with Crippen LogP contribution in [0.2, 0.25) is 0 Å². The van der Waals surface area contributed by atoms with Crippen molar-refractivity contribution < 1.29 is 0 Å². The lowest BCUT2D eigenvalue weighted by atomic mass is 9.90. The van der Waals surface area contributed by atoms with E-state index in [-0.39, 0.29) is 0 Å². The number of hydrogen-bond donors (Lipinski definition) is 0. The zero-order valence-corrected chi connectivity index (χ0v) is 22.2. The van der Waals surface area contributed by atoms with E-state index in [1.165, 1.54) is 69.7 Å². The van der Waals surface area contributed by atoms with Crippen LogP contribution in [0.4, 0.5) is 17.1 Å². The van der Waals surface area contributed by atoms with Crippen LogP contribution >= 0.6 is 0 Å². The smallest absolute Gasteiger partial charge is 0.0496 e. The minimum Gasteiger partial charge on any atom is -0.310 e. The van der Waals surface area contributed by atoms with Crippen molar-refractivity contribution in [1.82, 2.24) is 0 Å². The molecule has 39 heavy (non-hydrogen) atoms. The number of rotatable bonds is 7. The van der Waals surface area contributed by atoms with Crippen LogP contribution in [-0.4, -0.2) is 0 Å². The van der Waals surface area contributed by atoms with Crippen LogP contribution < -0.4 is 4.90 Å². The molecule has 0 saturated carbocycles. The Kier molecular flexibility index (Phi) is 7.50. The fraction of sp³-hybridized carbons (Fsp3) is 0.105. The molecule has 0 amide bonds. The Labute approximate surface area is 232 Å². The summed E-state index contributed by atoms with van der Waals surface area (Å²) in [5, 5.41) is 0. The lowest BCUT2D eigenvalue weighted by Crippen LogP contribution is -2.15. The molecule has 0 radical (unpaired) electrons. The number of benzene rings is 5. The monoisotopic (exact) mass is 503 g/mol. The number of hydrogen-bond acceptors (Lipinski definition) is 1. The Morgan fingerprint density at radius 3 is 1.38 bits per heavy atom. The summed E-state index contributed by atoms with van der Waals surface area (Å²) < 4.78 is 0. The van der Waals surface area contributed by atoms with Gasteiger partial charge in [0.1, 0.15) is 0 Å².